The second-order valence-corrected chi connectivity index (χ2v) is 7.49. The highest BCUT2D eigenvalue weighted by Gasteiger charge is 2.25. The van der Waals surface area contributed by atoms with Crippen LogP contribution in [-0.2, 0) is 6.42 Å². The number of carbonyl (C=O) groups excluding carboxylic acids is 1. The first-order chi connectivity index (χ1) is 13.6. The van der Waals surface area contributed by atoms with E-state index in [2.05, 4.69) is 65.5 Å². The van der Waals surface area contributed by atoms with Crippen LogP contribution in [0.15, 0.2) is 55.0 Å². The van der Waals surface area contributed by atoms with Gasteiger partial charge in [0.2, 0.25) is 0 Å². The van der Waals surface area contributed by atoms with Crippen molar-refractivity contribution in [1.82, 2.24) is 20.3 Å². The highest BCUT2D eigenvalue weighted by molar-refractivity contribution is 5.92. The van der Waals surface area contributed by atoms with Gasteiger partial charge in [0.05, 0.1) is 23.6 Å². The molecule has 1 unspecified atom stereocenters. The normalized spacial score (nSPS) is 15.9. The van der Waals surface area contributed by atoms with E-state index in [1.165, 1.54) is 23.5 Å². The summed E-state index contributed by atoms with van der Waals surface area (Å²) in [7, 11) is 0. The van der Waals surface area contributed by atoms with Crippen LogP contribution in [0, 0.1) is 0 Å². The summed E-state index contributed by atoms with van der Waals surface area (Å²) in [5.74, 6) is 0.210. The van der Waals surface area contributed by atoms with E-state index in [0.717, 1.165) is 36.2 Å². The van der Waals surface area contributed by atoms with Crippen LogP contribution >= 0.6 is 0 Å². The molecule has 142 valence electrons. The van der Waals surface area contributed by atoms with Crippen LogP contribution in [0.5, 0.6) is 0 Å². The predicted molar refractivity (Wildman–Crippen MR) is 109 cm³/mol. The van der Waals surface area contributed by atoms with Crippen molar-refractivity contribution in [3.63, 3.8) is 0 Å². The molecule has 1 aliphatic carbocycles. The molecule has 0 saturated heterocycles. The molecule has 5 nitrogen and oxygen atoms in total. The van der Waals surface area contributed by atoms with E-state index in [-0.39, 0.29) is 11.9 Å². The minimum absolute atomic E-state index is 0.107. The Morgan fingerprint density at radius 1 is 1.14 bits per heavy atom. The number of amides is 1. The molecule has 0 saturated carbocycles. The van der Waals surface area contributed by atoms with Gasteiger partial charge in [-0.25, -0.2) is 4.98 Å². The van der Waals surface area contributed by atoms with Gasteiger partial charge in [0.1, 0.15) is 5.69 Å². The van der Waals surface area contributed by atoms with Crippen molar-refractivity contribution < 1.29 is 4.79 Å². The number of nitrogens with zero attached hydrogens (tertiary/aromatic N) is 3. The van der Waals surface area contributed by atoms with Crippen LogP contribution in [0.25, 0.3) is 11.3 Å². The number of fused-ring (bicyclic) bond motifs is 1. The van der Waals surface area contributed by atoms with Crippen LogP contribution in [0.1, 0.15) is 66.0 Å². The first-order valence-corrected chi connectivity index (χ1v) is 9.79. The quantitative estimate of drug-likeness (QED) is 0.734. The molecule has 1 aromatic carbocycles. The predicted octanol–water partition coefficient (Wildman–Crippen LogP) is 4.47. The fourth-order valence-corrected chi connectivity index (χ4v) is 3.82. The zero-order valence-electron chi connectivity index (χ0n) is 16.2. The zero-order chi connectivity index (χ0) is 19.5. The number of aromatic nitrogens is 3. The maximum absolute atomic E-state index is 12.6. The van der Waals surface area contributed by atoms with Crippen LogP contribution < -0.4 is 5.32 Å². The van der Waals surface area contributed by atoms with Gasteiger partial charge in [-0.1, -0.05) is 44.2 Å². The zero-order valence-corrected chi connectivity index (χ0v) is 16.2. The second-order valence-electron chi connectivity index (χ2n) is 7.49. The molecule has 4 rings (SSSR count). The summed E-state index contributed by atoms with van der Waals surface area (Å²) in [6, 6.07) is 12.6. The number of hydrogen-bond donors (Lipinski definition) is 1. The van der Waals surface area contributed by atoms with Crippen LogP contribution in [-0.4, -0.2) is 20.9 Å². The topological polar surface area (TPSA) is 67.8 Å². The van der Waals surface area contributed by atoms with Crippen LogP contribution in [0.3, 0.4) is 0 Å². The van der Waals surface area contributed by atoms with E-state index in [1.54, 1.807) is 6.20 Å². The molecular weight excluding hydrogens is 348 g/mol. The molecule has 1 atom stereocenters. The van der Waals surface area contributed by atoms with Gasteiger partial charge in [-0.3, -0.25) is 14.8 Å². The fourth-order valence-electron chi connectivity index (χ4n) is 3.82. The highest BCUT2D eigenvalue weighted by Crippen LogP contribution is 2.33. The average Bonchev–Trinajstić information content (AvgIpc) is 2.74. The molecule has 0 aliphatic heterocycles. The van der Waals surface area contributed by atoms with Gasteiger partial charge >= 0.3 is 0 Å². The highest BCUT2D eigenvalue weighted by atomic mass is 16.1. The number of nitrogens with one attached hydrogen (secondary N) is 1. The third-order valence-corrected chi connectivity index (χ3v) is 5.24. The molecule has 2 heterocycles. The van der Waals surface area contributed by atoms with E-state index < -0.39 is 0 Å². The Hall–Kier alpha value is -3.08. The maximum atomic E-state index is 12.6. The largest absolute Gasteiger partial charge is 0.342 e. The first kappa shape index (κ1) is 18.3. The maximum Gasteiger partial charge on any atom is 0.272 e. The van der Waals surface area contributed by atoms with Gasteiger partial charge < -0.3 is 5.32 Å². The van der Waals surface area contributed by atoms with Gasteiger partial charge in [-0.15, -0.1) is 0 Å². The standard InChI is InChI=1S/C23H24N4O/c1-15(2)17-7-3-4-8-18(17)19-11-10-16-6-5-9-20(22(16)26-19)27-23(28)21-14-24-12-13-25-21/h3-4,7-8,10-15,20H,5-6,9H2,1-2H3,(H,27,28). The van der Waals surface area contributed by atoms with Gasteiger partial charge in [-0.2, -0.15) is 0 Å². The summed E-state index contributed by atoms with van der Waals surface area (Å²) >= 11 is 0. The monoisotopic (exact) mass is 372 g/mol. The number of benzene rings is 1. The Morgan fingerprint density at radius 3 is 2.79 bits per heavy atom. The number of carbonyl (C=O) groups is 1. The summed E-state index contributed by atoms with van der Waals surface area (Å²) in [5, 5.41) is 3.10. The summed E-state index contributed by atoms with van der Waals surface area (Å²) < 4.78 is 0. The average molecular weight is 372 g/mol. The Bertz CT molecular complexity index is 985. The molecule has 28 heavy (non-hydrogen) atoms. The van der Waals surface area contributed by atoms with Crippen molar-refractivity contribution in [2.45, 2.75) is 45.1 Å². The van der Waals surface area contributed by atoms with Crippen molar-refractivity contribution >= 4 is 5.91 Å². The Balaban J connectivity index is 1.67. The molecule has 0 spiro atoms. The van der Waals surface area contributed by atoms with Gasteiger partial charge in [0.25, 0.3) is 5.91 Å². The SMILES string of the molecule is CC(C)c1ccccc1-c1ccc2c(n1)C(NC(=O)c1cnccn1)CCC2. The van der Waals surface area contributed by atoms with Crippen LogP contribution in [0.4, 0.5) is 0 Å². The summed E-state index contributed by atoms with van der Waals surface area (Å²) in [6.07, 6.45) is 7.48. The Morgan fingerprint density at radius 2 is 2.00 bits per heavy atom. The molecule has 1 aliphatic rings. The van der Waals surface area contributed by atoms with Crippen molar-refractivity contribution in [1.29, 1.82) is 0 Å². The number of aryl methyl sites for hydroxylation is 1. The lowest BCUT2D eigenvalue weighted by molar-refractivity contribution is 0.0926. The second kappa shape index (κ2) is 7.89. The molecule has 2 aromatic heterocycles. The lowest BCUT2D eigenvalue weighted by Crippen LogP contribution is -2.32. The van der Waals surface area contributed by atoms with E-state index in [0.29, 0.717) is 11.6 Å². The number of pyridine rings is 1. The molecule has 0 fully saturated rings. The lowest BCUT2D eigenvalue weighted by atomic mass is 9.89. The summed E-state index contributed by atoms with van der Waals surface area (Å²) in [5.41, 5.74) is 5.91. The van der Waals surface area contributed by atoms with Crippen molar-refractivity contribution in [2.24, 2.45) is 0 Å². The number of rotatable bonds is 4. The van der Waals surface area contributed by atoms with Gasteiger partial charge in [0, 0.05) is 18.0 Å². The minimum atomic E-state index is -0.208. The molecule has 5 heteroatoms. The van der Waals surface area contributed by atoms with E-state index in [1.807, 2.05) is 0 Å². The first-order valence-electron chi connectivity index (χ1n) is 9.79. The molecule has 0 bridgehead atoms. The lowest BCUT2D eigenvalue weighted by Gasteiger charge is -2.26. The third-order valence-electron chi connectivity index (χ3n) is 5.24. The number of hydrogen-bond acceptors (Lipinski definition) is 4. The van der Waals surface area contributed by atoms with E-state index in [9.17, 15) is 4.79 Å². The minimum Gasteiger partial charge on any atom is -0.342 e. The molecular formula is C23H24N4O. The van der Waals surface area contributed by atoms with Crippen molar-refractivity contribution in [2.75, 3.05) is 0 Å². The Kier molecular flexibility index (Phi) is 5.15. The summed E-state index contributed by atoms with van der Waals surface area (Å²) in [4.78, 5) is 25.7. The molecule has 1 amide bonds. The third kappa shape index (κ3) is 3.65. The van der Waals surface area contributed by atoms with E-state index in [4.69, 9.17) is 4.98 Å². The molecule has 0 radical (unpaired) electrons. The van der Waals surface area contributed by atoms with Gasteiger partial charge in [-0.05, 0) is 42.4 Å². The van der Waals surface area contributed by atoms with Gasteiger partial charge in [0.15, 0.2) is 0 Å². The van der Waals surface area contributed by atoms with Crippen LogP contribution in [0.2, 0.25) is 0 Å². The molecule has 3 aromatic rings. The van der Waals surface area contributed by atoms with E-state index >= 15 is 0 Å². The Labute approximate surface area is 165 Å². The molecule has 1 N–H and O–H groups in total. The van der Waals surface area contributed by atoms with Crippen molar-refractivity contribution in [3.05, 3.63) is 77.5 Å². The van der Waals surface area contributed by atoms with Crippen molar-refractivity contribution in [3.8, 4) is 11.3 Å². The fraction of sp³-hybridized carbons (Fsp3) is 0.304. The smallest absolute Gasteiger partial charge is 0.272 e. The summed E-state index contributed by atoms with van der Waals surface area (Å²) in [6.45, 7) is 4.39.